The van der Waals surface area contributed by atoms with E-state index in [9.17, 15) is 0 Å². The summed E-state index contributed by atoms with van der Waals surface area (Å²) in [6, 6.07) is 52.9. The van der Waals surface area contributed by atoms with Crippen LogP contribution in [0, 0.1) is 0 Å². The van der Waals surface area contributed by atoms with E-state index in [2.05, 4.69) is 147 Å². The van der Waals surface area contributed by atoms with Crippen molar-refractivity contribution < 1.29 is 4.42 Å². The fraction of sp³-hybridized carbons (Fsp3) is 0.0698. The highest BCUT2D eigenvalue weighted by Crippen LogP contribution is 2.51. The van der Waals surface area contributed by atoms with Crippen molar-refractivity contribution in [2.45, 2.75) is 19.3 Å². The van der Waals surface area contributed by atoms with Gasteiger partial charge >= 0.3 is 0 Å². The zero-order chi connectivity index (χ0) is 29.4. The van der Waals surface area contributed by atoms with Gasteiger partial charge in [0.1, 0.15) is 11.2 Å². The number of hydrogen-bond donors (Lipinski definition) is 0. The van der Waals surface area contributed by atoms with Gasteiger partial charge in [0.15, 0.2) is 0 Å². The van der Waals surface area contributed by atoms with Crippen molar-refractivity contribution in [1.29, 1.82) is 0 Å². The van der Waals surface area contributed by atoms with Crippen molar-refractivity contribution >= 4 is 32.7 Å². The van der Waals surface area contributed by atoms with Gasteiger partial charge in [-0.2, -0.15) is 0 Å². The first-order valence-corrected chi connectivity index (χ1v) is 15.3. The maximum atomic E-state index is 6.31. The van der Waals surface area contributed by atoms with Gasteiger partial charge in [0, 0.05) is 21.8 Å². The predicted octanol–water partition coefficient (Wildman–Crippen LogP) is 12.0. The molecule has 44 heavy (non-hydrogen) atoms. The highest BCUT2D eigenvalue weighted by Gasteiger charge is 2.35. The Morgan fingerprint density at radius 3 is 1.95 bits per heavy atom. The summed E-state index contributed by atoms with van der Waals surface area (Å²) in [7, 11) is 0. The van der Waals surface area contributed by atoms with Crippen molar-refractivity contribution in [1.82, 2.24) is 0 Å². The molecule has 0 saturated carbocycles. The van der Waals surface area contributed by atoms with E-state index in [4.69, 9.17) is 4.42 Å². The Morgan fingerprint density at radius 1 is 0.409 bits per heavy atom. The molecule has 0 amide bonds. The third-order valence-corrected chi connectivity index (χ3v) is 9.71. The minimum absolute atomic E-state index is 0.0746. The molecule has 1 aliphatic rings. The summed E-state index contributed by atoms with van der Waals surface area (Å²) in [6.07, 6.45) is 0. The lowest BCUT2D eigenvalue weighted by atomic mass is 9.81. The first-order chi connectivity index (χ1) is 21.6. The van der Waals surface area contributed by atoms with Gasteiger partial charge in [-0.25, -0.2) is 0 Å². The second-order valence-electron chi connectivity index (χ2n) is 12.5. The van der Waals surface area contributed by atoms with Crippen molar-refractivity contribution in [3.63, 3.8) is 0 Å². The summed E-state index contributed by atoms with van der Waals surface area (Å²) in [5, 5.41) is 4.89. The average Bonchev–Trinajstić information content (AvgIpc) is 3.56. The second kappa shape index (κ2) is 9.30. The fourth-order valence-corrected chi connectivity index (χ4v) is 7.39. The van der Waals surface area contributed by atoms with Crippen LogP contribution in [0.2, 0.25) is 0 Å². The molecule has 1 heteroatoms. The quantitative estimate of drug-likeness (QED) is 0.209. The highest BCUT2D eigenvalue weighted by molar-refractivity contribution is 6.09. The largest absolute Gasteiger partial charge is 0.455 e. The molecule has 1 heterocycles. The maximum Gasteiger partial charge on any atom is 0.143 e. The molecule has 9 rings (SSSR count). The van der Waals surface area contributed by atoms with E-state index >= 15 is 0 Å². The van der Waals surface area contributed by atoms with E-state index in [0.29, 0.717) is 0 Å². The van der Waals surface area contributed by atoms with Crippen LogP contribution >= 0.6 is 0 Å². The molecule has 0 bridgehead atoms. The summed E-state index contributed by atoms with van der Waals surface area (Å²) < 4.78 is 6.31. The lowest BCUT2D eigenvalue weighted by Gasteiger charge is -2.22. The molecular weight excluding hydrogens is 532 g/mol. The topological polar surface area (TPSA) is 13.1 Å². The lowest BCUT2D eigenvalue weighted by molar-refractivity contribution is 0.660. The van der Waals surface area contributed by atoms with Gasteiger partial charge in [0.2, 0.25) is 0 Å². The molecule has 0 saturated heterocycles. The van der Waals surface area contributed by atoms with E-state index in [-0.39, 0.29) is 5.41 Å². The molecule has 1 aromatic heterocycles. The number of furan rings is 1. The van der Waals surface area contributed by atoms with Gasteiger partial charge in [0.05, 0.1) is 0 Å². The molecule has 0 radical (unpaired) electrons. The molecule has 1 nitrogen and oxygen atoms in total. The van der Waals surface area contributed by atoms with Crippen LogP contribution in [0.25, 0.3) is 77.2 Å². The van der Waals surface area contributed by atoms with Crippen molar-refractivity contribution in [2.24, 2.45) is 0 Å². The van der Waals surface area contributed by atoms with Crippen molar-refractivity contribution in [3.05, 3.63) is 157 Å². The minimum Gasteiger partial charge on any atom is -0.455 e. The SMILES string of the molecule is CC1(C)c2ccc(-c3cccc4ccccc34)cc2-c2ccc(-c3ccc(-c4cccc5c4oc4ccccc45)cc3)cc21. The summed E-state index contributed by atoms with van der Waals surface area (Å²) in [4.78, 5) is 0. The Labute approximate surface area is 257 Å². The number of para-hydroxylation sites is 2. The molecule has 7 aromatic carbocycles. The van der Waals surface area contributed by atoms with Crippen LogP contribution in [0.1, 0.15) is 25.0 Å². The monoisotopic (exact) mass is 562 g/mol. The van der Waals surface area contributed by atoms with E-state index < -0.39 is 0 Å². The van der Waals surface area contributed by atoms with E-state index in [0.717, 1.165) is 33.1 Å². The average molecular weight is 563 g/mol. The fourth-order valence-electron chi connectivity index (χ4n) is 7.39. The molecule has 0 fully saturated rings. The molecule has 8 aromatic rings. The minimum atomic E-state index is -0.0746. The third kappa shape index (κ3) is 3.66. The van der Waals surface area contributed by atoms with Crippen LogP contribution < -0.4 is 0 Å². The van der Waals surface area contributed by atoms with Crippen LogP contribution in [-0.2, 0) is 5.41 Å². The molecule has 0 atom stereocenters. The van der Waals surface area contributed by atoms with E-state index in [1.54, 1.807) is 0 Å². The normalized spacial score (nSPS) is 13.4. The first kappa shape index (κ1) is 25.1. The van der Waals surface area contributed by atoms with Crippen LogP contribution in [0.5, 0.6) is 0 Å². The maximum absolute atomic E-state index is 6.31. The molecule has 0 aliphatic heterocycles. The molecule has 1 aliphatic carbocycles. The van der Waals surface area contributed by atoms with Gasteiger partial charge in [-0.3, -0.25) is 0 Å². The standard InChI is InChI=1S/C43H30O/c1-43(2)39-24-22-31(33-13-7-10-28-9-3-4-11-32(28)33)25-38(39)35-23-21-30(26-40(35)43)27-17-19-29(20-18-27)34-14-8-15-37-36-12-5-6-16-41(36)44-42(34)37/h3-26H,1-2H3. The van der Waals surface area contributed by atoms with E-state index in [1.807, 2.05) is 12.1 Å². The number of fused-ring (bicyclic) bond motifs is 7. The van der Waals surface area contributed by atoms with Crippen molar-refractivity contribution in [3.8, 4) is 44.5 Å². The van der Waals surface area contributed by atoms with Crippen LogP contribution in [0.15, 0.2) is 150 Å². The zero-order valence-corrected chi connectivity index (χ0v) is 24.8. The summed E-state index contributed by atoms with van der Waals surface area (Å²) in [5.74, 6) is 0. The molecular formula is C43H30O. The Kier molecular flexibility index (Phi) is 5.31. The number of rotatable bonds is 3. The van der Waals surface area contributed by atoms with Gasteiger partial charge < -0.3 is 4.42 Å². The lowest BCUT2D eigenvalue weighted by Crippen LogP contribution is -2.15. The highest BCUT2D eigenvalue weighted by atomic mass is 16.3. The van der Waals surface area contributed by atoms with Crippen LogP contribution in [-0.4, -0.2) is 0 Å². The molecule has 0 spiro atoms. The molecule has 208 valence electrons. The molecule has 0 N–H and O–H groups in total. The van der Waals surface area contributed by atoms with Crippen LogP contribution in [0.4, 0.5) is 0 Å². The summed E-state index contributed by atoms with van der Waals surface area (Å²) in [5.41, 5.74) is 14.6. The Balaban J connectivity index is 1.10. The van der Waals surface area contributed by atoms with Gasteiger partial charge in [-0.15, -0.1) is 0 Å². The zero-order valence-electron chi connectivity index (χ0n) is 24.8. The second-order valence-corrected chi connectivity index (χ2v) is 12.5. The van der Waals surface area contributed by atoms with Gasteiger partial charge in [-0.05, 0) is 79.0 Å². The number of hydrogen-bond acceptors (Lipinski definition) is 1. The Bertz CT molecular complexity index is 2400. The number of benzene rings is 7. The van der Waals surface area contributed by atoms with Gasteiger partial charge in [-0.1, -0.05) is 141 Å². The first-order valence-electron chi connectivity index (χ1n) is 15.3. The summed E-state index contributed by atoms with van der Waals surface area (Å²) in [6.45, 7) is 4.71. The predicted molar refractivity (Wildman–Crippen MR) is 185 cm³/mol. The Morgan fingerprint density at radius 2 is 1.07 bits per heavy atom. The third-order valence-electron chi connectivity index (χ3n) is 9.71. The summed E-state index contributed by atoms with van der Waals surface area (Å²) >= 11 is 0. The smallest absolute Gasteiger partial charge is 0.143 e. The van der Waals surface area contributed by atoms with Gasteiger partial charge in [0.25, 0.3) is 0 Å². The van der Waals surface area contributed by atoms with Crippen molar-refractivity contribution in [2.75, 3.05) is 0 Å². The molecule has 0 unspecified atom stereocenters. The Hall–Kier alpha value is -5.40. The van der Waals surface area contributed by atoms with E-state index in [1.165, 1.54) is 55.3 Å². The van der Waals surface area contributed by atoms with Crippen LogP contribution in [0.3, 0.4) is 0 Å².